The van der Waals surface area contributed by atoms with E-state index in [1.54, 1.807) is 0 Å². The molecule has 50 valence electrons. The fraction of sp³-hybridized carbons (Fsp3) is 0.571. The molecule has 0 bridgehead atoms. The van der Waals surface area contributed by atoms with E-state index in [0.29, 0.717) is 11.5 Å². The summed E-state index contributed by atoms with van der Waals surface area (Å²) in [6.07, 6.45) is -0.0162. The summed E-state index contributed by atoms with van der Waals surface area (Å²) in [6.45, 7) is 7.57. The number of esters is 1. The Morgan fingerprint density at radius 1 is 1.67 bits per heavy atom. The van der Waals surface area contributed by atoms with Gasteiger partial charge in [0.2, 0.25) is 0 Å². The summed E-state index contributed by atoms with van der Waals surface area (Å²) in [6, 6.07) is 0. The highest BCUT2D eigenvalue weighted by Crippen LogP contribution is 2.25. The van der Waals surface area contributed by atoms with Gasteiger partial charge in [-0.25, -0.2) is 4.79 Å². The summed E-state index contributed by atoms with van der Waals surface area (Å²) in [7, 11) is 0. The van der Waals surface area contributed by atoms with E-state index in [1.165, 1.54) is 0 Å². The third-order valence-electron chi connectivity index (χ3n) is 1.45. The van der Waals surface area contributed by atoms with Gasteiger partial charge in [-0.2, -0.15) is 0 Å². The maximum Gasteiger partial charge on any atom is 0.337 e. The average molecular weight is 126 g/mol. The SMILES string of the molecule is C=C1C(=O)O[C@H]1C(C)C. The largest absolute Gasteiger partial charge is 0.454 e. The Morgan fingerprint density at radius 2 is 2.22 bits per heavy atom. The molecule has 1 atom stereocenters. The molecule has 0 aromatic heterocycles. The van der Waals surface area contributed by atoms with Crippen LogP contribution in [-0.4, -0.2) is 12.1 Å². The first kappa shape index (κ1) is 6.33. The number of cyclic esters (lactones) is 1. The summed E-state index contributed by atoms with van der Waals surface area (Å²) in [5.74, 6) is 0.129. The minimum absolute atomic E-state index is 0.0162. The molecule has 0 N–H and O–H groups in total. The first-order chi connectivity index (χ1) is 4.13. The lowest BCUT2D eigenvalue weighted by atomic mass is 9.96. The number of carbonyl (C=O) groups is 1. The Kier molecular flexibility index (Phi) is 1.31. The molecule has 0 aromatic rings. The topological polar surface area (TPSA) is 26.3 Å². The van der Waals surface area contributed by atoms with Crippen LogP contribution in [-0.2, 0) is 9.53 Å². The van der Waals surface area contributed by atoms with Gasteiger partial charge in [-0.15, -0.1) is 0 Å². The second-order valence-electron chi connectivity index (χ2n) is 2.60. The van der Waals surface area contributed by atoms with Crippen LogP contribution in [0.5, 0.6) is 0 Å². The fourth-order valence-electron chi connectivity index (χ4n) is 0.859. The lowest BCUT2D eigenvalue weighted by molar-refractivity contribution is -0.158. The molecule has 0 amide bonds. The molecular formula is C7H10O2. The first-order valence-corrected chi connectivity index (χ1v) is 3.02. The Labute approximate surface area is 54.5 Å². The van der Waals surface area contributed by atoms with Crippen molar-refractivity contribution in [2.45, 2.75) is 20.0 Å². The van der Waals surface area contributed by atoms with E-state index in [0.717, 1.165) is 0 Å². The van der Waals surface area contributed by atoms with Gasteiger partial charge in [0, 0.05) is 0 Å². The van der Waals surface area contributed by atoms with Crippen LogP contribution in [0.1, 0.15) is 13.8 Å². The third kappa shape index (κ3) is 0.846. The van der Waals surface area contributed by atoms with Gasteiger partial charge in [-0.05, 0) is 5.92 Å². The van der Waals surface area contributed by atoms with E-state index in [1.807, 2.05) is 13.8 Å². The molecule has 1 fully saturated rings. The molecule has 0 unspecified atom stereocenters. The van der Waals surface area contributed by atoms with Crippen molar-refractivity contribution in [2.24, 2.45) is 5.92 Å². The van der Waals surface area contributed by atoms with Gasteiger partial charge in [-0.1, -0.05) is 20.4 Å². The van der Waals surface area contributed by atoms with Crippen LogP contribution in [0.2, 0.25) is 0 Å². The Balaban J connectivity index is 2.52. The average Bonchev–Trinajstić information content (AvgIpc) is 1.81. The molecule has 1 heterocycles. The highest BCUT2D eigenvalue weighted by atomic mass is 16.6. The van der Waals surface area contributed by atoms with Crippen LogP contribution in [0.4, 0.5) is 0 Å². The number of rotatable bonds is 1. The van der Waals surface area contributed by atoms with Gasteiger partial charge in [0.25, 0.3) is 0 Å². The fourth-order valence-corrected chi connectivity index (χ4v) is 0.859. The van der Waals surface area contributed by atoms with Crippen molar-refractivity contribution in [1.82, 2.24) is 0 Å². The summed E-state index contributed by atoms with van der Waals surface area (Å²) < 4.78 is 4.77. The normalized spacial score (nSPS) is 25.9. The lowest BCUT2D eigenvalue weighted by Gasteiger charge is -2.30. The van der Waals surface area contributed by atoms with Crippen LogP contribution in [0.25, 0.3) is 0 Å². The van der Waals surface area contributed by atoms with E-state index in [-0.39, 0.29) is 12.1 Å². The van der Waals surface area contributed by atoms with Crippen molar-refractivity contribution in [3.8, 4) is 0 Å². The van der Waals surface area contributed by atoms with Gasteiger partial charge in [0.1, 0.15) is 6.10 Å². The number of ether oxygens (including phenoxy) is 1. The van der Waals surface area contributed by atoms with Crippen LogP contribution >= 0.6 is 0 Å². The van der Waals surface area contributed by atoms with Crippen LogP contribution < -0.4 is 0 Å². The molecule has 2 nitrogen and oxygen atoms in total. The van der Waals surface area contributed by atoms with Gasteiger partial charge in [0.05, 0.1) is 5.57 Å². The van der Waals surface area contributed by atoms with Crippen molar-refractivity contribution in [3.05, 3.63) is 12.2 Å². The highest BCUT2D eigenvalue weighted by molar-refractivity contribution is 5.94. The van der Waals surface area contributed by atoms with Crippen LogP contribution in [0, 0.1) is 5.92 Å². The third-order valence-corrected chi connectivity index (χ3v) is 1.45. The molecule has 1 aliphatic rings. The van der Waals surface area contributed by atoms with E-state index in [9.17, 15) is 4.79 Å². The molecular weight excluding hydrogens is 116 g/mol. The molecule has 1 aliphatic heterocycles. The summed E-state index contributed by atoms with van der Waals surface area (Å²) in [4.78, 5) is 10.4. The minimum Gasteiger partial charge on any atom is -0.454 e. The number of carbonyl (C=O) groups excluding carboxylic acids is 1. The highest BCUT2D eigenvalue weighted by Gasteiger charge is 2.35. The standard InChI is InChI=1S/C7H10O2/c1-4(2)6-5(3)7(8)9-6/h4,6H,3H2,1-2H3/t6-/m0/s1. The second-order valence-corrected chi connectivity index (χ2v) is 2.60. The van der Waals surface area contributed by atoms with Crippen LogP contribution in [0.3, 0.4) is 0 Å². The Bertz CT molecular complexity index is 158. The molecule has 2 heteroatoms. The van der Waals surface area contributed by atoms with Crippen molar-refractivity contribution in [1.29, 1.82) is 0 Å². The van der Waals surface area contributed by atoms with Gasteiger partial charge in [-0.3, -0.25) is 0 Å². The molecule has 1 saturated heterocycles. The minimum atomic E-state index is -0.242. The monoisotopic (exact) mass is 126 g/mol. The molecule has 0 spiro atoms. The molecule has 9 heavy (non-hydrogen) atoms. The smallest absolute Gasteiger partial charge is 0.337 e. The quantitative estimate of drug-likeness (QED) is 0.389. The Morgan fingerprint density at radius 3 is 2.33 bits per heavy atom. The summed E-state index contributed by atoms with van der Waals surface area (Å²) >= 11 is 0. The van der Waals surface area contributed by atoms with Crippen molar-refractivity contribution in [2.75, 3.05) is 0 Å². The number of hydrogen-bond acceptors (Lipinski definition) is 2. The zero-order chi connectivity index (χ0) is 7.02. The van der Waals surface area contributed by atoms with Gasteiger partial charge >= 0.3 is 5.97 Å². The summed E-state index contributed by atoms with van der Waals surface area (Å²) in [5.41, 5.74) is 0.616. The van der Waals surface area contributed by atoms with Gasteiger partial charge in [0.15, 0.2) is 0 Å². The maximum atomic E-state index is 10.4. The molecule has 0 radical (unpaired) electrons. The van der Waals surface area contributed by atoms with Crippen molar-refractivity contribution < 1.29 is 9.53 Å². The first-order valence-electron chi connectivity index (χ1n) is 3.02. The van der Waals surface area contributed by atoms with E-state index in [2.05, 4.69) is 6.58 Å². The lowest BCUT2D eigenvalue weighted by Crippen LogP contribution is -2.39. The molecule has 0 aromatic carbocycles. The second kappa shape index (κ2) is 1.87. The zero-order valence-electron chi connectivity index (χ0n) is 5.68. The molecule has 0 saturated carbocycles. The zero-order valence-corrected chi connectivity index (χ0v) is 5.68. The van der Waals surface area contributed by atoms with E-state index >= 15 is 0 Å². The molecule has 0 aliphatic carbocycles. The van der Waals surface area contributed by atoms with E-state index < -0.39 is 0 Å². The Hall–Kier alpha value is -0.790. The van der Waals surface area contributed by atoms with Crippen molar-refractivity contribution in [3.63, 3.8) is 0 Å². The number of hydrogen-bond donors (Lipinski definition) is 0. The van der Waals surface area contributed by atoms with Crippen LogP contribution in [0.15, 0.2) is 12.2 Å². The summed E-state index contributed by atoms with van der Waals surface area (Å²) in [5, 5.41) is 0. The predicted octanol–water partition coefficient (Wildman–Crippen LogP) is 1.12. The van der Waals surface area contributed by atoms with Crippen molar-refractivity contribution >= 4 is 5.97 Å². The molecule has 1 rings (SSSR count). The van der Waals surface area contributed by atoms with Gasteiger partial charge < -0.3 is 4.74 Å². The predicted molar refractivity (Wildman–Crippen MR) is 33.9 cm³/mol. The maximum absolute atomic E-state index is 10.4. The van der Waals surface area contributed by atoms with E-state index in [4.69, 9.17) is 4.74 Å².